The Kier molecular flexibility index (Phi) is 4.01. The molecule has 2 N–H and O–H groups in total. The van der Waals surface area contributed by atoms with E-state index in [1.807, 2.05) is 24.3 Å². The highest BCUT2D eigenvalue weighted by molar-refractivity contribution is 14.1. The summed E-state index contributed by atoms with van der Waals surface area (Å²) < 4.78 is 14.2. The van der Waals surface area contributed by atoms with Crippen LogP contribution >= 0.6 is 34.2 Å². The molecule has 0 heterocycles. The molecule has 17 heavy (non-hydrogen) atoms. The Morgan fingerprint density at radius 2 is 1.82 bits per heavy atom. The van der Waals surface area contributed by atoms with Crippen molar-refractivity contribution in [3.8, 4) is 0 Å². The number of hydrogen-bond donors (Lipinski definition) is 1. The molecule has 2 rings (SSSR count). The molecule has 0 bridgehead atoms. The number of halogens is 3. The van der Waals surface area contributed by atoms with Gasteiger partial charge in [-0.25, -0.2) is 4.39 Å². The summed E-state index contributed by atoms with van der Waals surface area (Å²) in [4.78, 5) is 0. The first-order valence-electron chi connectivity index (χ1n) is 5.04. The summed E-state index contributed by atoms with van der Waals surface area (Å²) >= 11 is 8.25. The molecule has 0 radical (unpaired) electrons. The third kappa shape index (κ3) is 2.78. The number of hydrogen-bond acceptors (Lipinski definition) is 1. The third-order valence-electron chi connectivity index (χ3n) is 2.53. The molecular weight excluding hydrogens is 352 g/mol. The zero-order valence-electron chi connectivity index (χ0n) is 8.83. The molecule has 0 spiro atoms. The zero-order valence-corrected chi connectivity index (χ0v) is 11.7. The molecule has 0 aliphatic heterocycles. The van der Waals surface area contributed by atoms with Crippen molar-refractivity contribution in [1.82, 2.24) is 0 Å². The maximum absolute atomic E-state index is 13.2. The van der Waals surface area contributed by atoms with E-state index in [4.69, 9.17) is 17.3 Å². The second kappa shape index (κ2) is 5.33. The van der Waals surface area contributed by atoms with Crippen LogP contribution < -0.4 is 5.73 Å². The normalized spacial score (nSPS) is 12.5. The second-order valence-electron chi connectivity index (χ2n) is 3.67. The summed E-state index contributed by atoms with van der Waals surface area (Å²) in [7, 11) is 0. The maximum atomic E-state index is 13.2. The van der Waals surface area contributed by atoms with Gasteiger partial charge in [-0.2, -0.15) is 0 Å². The lowest BCUT2D eigenvalue weighted by molar-refractivity contribution is 0.623. The molecule has 88 valence electrons. The first kappa shape index (κ1) is 12.8. The van der Waals surface area contributed by atoms with E-state index in [1.165, 1.54) is 18.2 Å². The third-order valence-corrected chi connectivity index (χ3v) is 3.86. The van der Waals surface area contributed by atoms with Crippen molar-refractivity contribution in [1.29, 1.82) is 0 Å². The summed E-state index contributed by atoms with van der Waals surface area (Å²) in [6, 6.07) is 11.6. The monoisotopic (exact) mass is 361 g/mol. The van der Waals surface area contributed by atoms with Gasteiger partial charge in [-0.15, -0.1) is 0 Å². The Morgan fingerprint density at radius 1 is 1.12 bits per heavy atom. The van der Waals surface area contributed by atoms with Crippen molar-refractivity contribution in [3.05, 3.63) is 68.0 Å². The van der Waals surface area contributed by atoms with E-state index in [-0.39, 0.29) is 5.82 Å². The van der Waals surface area contributed by atoms with Gasteiger partial charge in [-0.05, 0) is 58.0 Å². The van der Waals surface area contributed by atoms with Gasteiger partial charge < -0.3 is 5.73 Å². The number of benzene rings is 2. The van der Waals surface area contributed by atoms with Crippen LogP contribution in [0.4, 0.5) is 4.39 Å². The molecule has 0 fully saturated rings. The smallest absolute Gasteiger partial charge is 0.123 e. The van der Waals surface area contributed by atoms with E-state index < -0.39 is 6.04 Å². The van der Waals surface area contributed by atoms with E-state index >= 15 is 0 Å². The lowest BCUT2D eigenvalue weighted by Crippen LogP contribution is -2.14. The van der Waals surface area contributed by atoms with Crippen LogP contribution in [0.1, 0.15) is 17.2 Å². The van der Waals surface area contributed by atoms with Crippen molar-refractivity contribution in [2.45, 2.75) is 6.04 Å². The standard InChI is InChI=1S/C13H10ClFIN/c14-11-6-5-8(15)7-10(11)13(17)9-3-1-2-4-12(9)16/h1-7,13H,17H2. The van der Waals surface area contributed by atoms with Crippen molar-refractivity contribution in [2.24, 2.45) is 5.73 Å². The highest BCUT2D eigenvalue weighted by Crippen LogP contribution is 2.29. The Balaban J connectivity index is 2.47. The van der Waals surface area contributed by atoms with Crippen molar-refractivity contribution in [3.63, 3.8) is 0 Å². The molecule has 2 aromatic carbocycles. The Labute approximate surface area is 118 Å². The van der Waals surface area contributed by atoms with Crippen LogP contribution in [0.15, 0.2) is 42.5 Å². The van der Waals surface area contributed by atoms with Crippen LogP contribution in [0, 0.1) is 9.39 Å². The van der Waals surface area contributed by atoms with Crippen LogP contribution in [-0.2, 0) is 0 Å². The summed E-state index contributed by atoms with van der Waals surface area (Å²) in [6.07, 6.45) is 0. The lowest BCUT2D eigenvalue weighted by atomic mass is 9.99. The molecular formula is C13H10ClFIN. The predicted molar refractivity (Wildman–Crippen MR) is 76.6 cm³/mol. The molecule has 0 saturated heterocycles. The molecule has 0 aromatic heterocycles. The van der Waals surface area contributed by atoms with Gasteiger partial charge in [-0.1, -0.05) is 29.8 Å². The Bertz CT molecular complexity index is 545. The summed E-state index contributed by atoms with van der Waals surface area (Å²) in [5, 5.41) is 0.485. The Morgan fingerprint density at radius 3 is 2.53 bits per heavy atom. The van der Waals surface area contributed by atoms with E-state index in [9.17, 15) is 4.39 Å². The van der Waals surface area contributed by atoms with Gasteiger partial charge in [0.05, 0.1) is 6.04 Å². The van der Waals surface area contributed by atoms with Gasteiger partial charge in [0, 0.05) is 8.59 Å². The van der Waals surface area contributed by atoms with E-state index in [1.54, 1.807) is 0 Å². The van der Waals surface area contributed by atoms with Gasteiger partial charge in [0.15, 0.2) is 0 Å². The van der Waals surface area contributed by atoms with Crippen LogP contribution in [0.2, 0.25) is 5.02 Å². The van der Waals surface area contributed by atoms with E-state index in [2.05, 4.69) is 22.6 Å². The second-order valence-corrected chi connectivity index (χ2v) is 5.23. The summed E-state index contributed by atoms with van der Waals surface area (Å²) in [6.45, 7) is 0. The van der Waals surface area contributed by atoms with E-state index in [0.717, 1.165) is 9.13 Å². The minimum absolute atomic E-state index is 0.328. The highest BCUT2D eigenvalue weighted by atomic mass is 127. The molecule has 1 atom stereocenters. The van der Waals surface area contributed by atoms with Gasteiger partial charge in [0.2, 0.25) is 0 Å². The fraction of sp³-hybridized carbons (Fsp3) is 0.0769. The molecule has 1 nitrogen and oxygen atoms in total. The predicted octanol–water partition coefficient (Wildman–Crippen LogP) is 4.13. The first-order valence-corrected chi connectivity index (χ1v) is 6.50. The minimum Gasteiger partial charge on any atom is -0.320 e. The topological polar surface area (TPSA) is 26.0 Å². The Hall–Kier alpha value is -0.650. The molecule has 0 saturated carbocycles. The van der Waals surface area contributed by atoms with Crippen molar-refractivity contribution in [2.75, 3.05) is 0 Å². The quantitative estimate of drug-likeness (QED) is 0.800. The highest BCUT2D eigenvalue weighted by Gasteiger charge is 2.15. The molecule has 2 aromatic rings. The maximum Gasteiger partial charge on any atom is 0.123 e. The largest absolute Gasteiger partial charge is 0.320 e. The lowest BCUT2D eigenvalue weighted by Gasteiger charge is -2.15. The van der Waals surface area contributed by atoms with Crippen LogP contribution in [0.3, 0.4) is 0 Å². The van der Waals surface area contributed by atoms with Crippen LogP contribution in [0.25, 0.3) is 0 Å². The van der Waals surface area contributed by atoms with Crippen molar-refractivity contribution >= 4 is 34.2 Å². The SMILES string of the molecule is NC(c1cc(F)ccc1Cl)c1ccccc1I. The molecule has 0 aliphatic rings. The van der Waals surface area contributed by atoms with Crippen LogP contribution in [-0.4, -0.2) is 0 Å². The fourth-order valence-electron chi connectivity index (χ4n) is 1.65. The van der Waals surface area contributed by atoms with Gasteiger partial charge in [0.1, 0.15) is 5.82 Å². The fourth-order valence-corrected chi connectivity index (χ4v) is 2.61. The van der Waals surface area contributed by atoms with Gasteiger partial charge in [0.25, 0.3) is 0 Å². The first-order chi connectivity index (χ1) is 8.09. The molecule has 4 heteroatoms. The summed E-state index contributed by atoms with van der Waals surface area (Å²) in [5.41, 5.74) is 7.68. The number of nitrogens with two attached hydrogens (primary N) is 1. The minimum atomic E-state index is -0.411. The van der Waals surface area contributed by atoms with Gasteiger partial charge >= 0.3 is 0 Å². The molecule has 0 amide bonds. The average Bonchev–Trinajstić information content (AvgIpc) is 2.32. The molecule has 1 unspecified atom stereocenters. The van der Waals surface area contributed by atoms with Crippen LogP contribution in [0.5, 0.6) is 0 Å². The van der Waals surface area contributed by atoms with E-state index in [0.29, 0.717) is 10.6 Å². The van der Waals surface area contributed by atoms with Gasteiger partial charge in [-0.3, -0.25) is 0 Å². The average molecular weight is 362 g/mol. The zero-order chi connectivity index (χ0) is 12.4. The summed E-state index contributed by atoms with van der Waals surface area (Å²) in [5.74, 6) is -0.328. The number of rotatable bonds is 2. The molecule has 0 aliphatic carbocycles. The van der Waals surface area contributed by atoms with Crippen molar-refractivity contribution < 1.29 is 4.39 Å².